The van der Waals surface area contributed by atoms with Gasteiger partial charge in [-0.2, -0.15) is 0 Å². The van der Waals surface area contributed by atoms with Crippen molar-refractivity contribution in [3.63, 3.8) is 0 Å². The van der Waals surface area contributed by atoms with Crippen LogP contribution in [0.2, 0.25) is 0 Å². The molecule has 0 aromatic heterocycles. The normalized spacial score (nSPS) is 15.4. The number of hydrogen-bond acceptors (Lipinski definition) is 4. The van der Waals surface area contributed by atoms with Crippen LogP contribution in [0.4, 0.5) is 0 Å². The number of hydrogen-bond donors (Lipinski definition) is 1. The van der Waals surface area contributed by atoms with Crippen LogP contribution < -0.4 is 10.1 Å². The van der Waals surface area contributed by atoms with E-state index in [9.17, 15) is 4.79 Å². The van der Waals surface area contributed by atoms with Gasteiger partial charge in [-0.25, -0.2) is 0 Å². The van der Waals surface area contributed by atoms with Gasteiger partial charge < -0.3 is 10.1 Å². The van der Waals surface area contributed by atoms with E-state index in [1.165, 1.54) is 17.1 Å². The molecule has 0 spiro atoms. The average molecular weight is 325 g/mol. The molecule has 5 heteroatoms. The van der Waals surface area contributed by atoms with Crippen LogP contribution in [0.15, 0.2) is 24.3 Å². The Bertz CT molecular complexity index is 442. The first kappa shape index (κ1) is 16.6. The second-order valence-corrected chi connectivity index (χ2v) is 8.19. The van der Waals surface area contributed by atoms with Crippen LogP contribution in [0.1, 0.15) is 30.4 Å². The molecule has 1 amide bonds. The standard InChI is InChI=1S/C16H23NO2S2/c1-12(2)7-8-17-15(18)11-19-14-5-3-13(4-6-14)16-20-9-10-21-16/h3-6,12,16H,7-11H2,1-2H3,(H,17,18). The highest BCUT2D eigenvalue weighted by molar-refractivity contribution is 8.19. The molecule has 0 saturated carbocycles. The van der Waals surface area contributed by atoms with Gasteiger partial charge in [0.25, 0.3) is 5.91 Å². The molecule has 21 heavy (non-hydrogen) atoms. The molecule has 0 bridgehead atoms. The van der Waals surface area contributed by atoms with Gasteiger partial charge in [0.1, 0.15) is 5.75 Å². The lowest BCUT2D eigenvalue weighted by atomic mass is 10.1. The minimum atomic E-state index is -0.0540. The van der Waals surface area contributed by atoms with Gasteiger partial charge in [0.05, 0.1) is 4.58 Å². The van der Waals surface area contributed by atoms with Crippen LogP contribution in [0.3, 0.4) is 0 Å². The van der Waals surface area contributed by atoms with Crippen molar-refractivity contribution in [2.24, 2.45) is 5.92 Å². The zero-order valence-electron chi connectivity index (χ0n) is 12.6. The van der Waals surface area contributed by atoms with Crippen LogP contribution in [0.25, 0.3) is 0 Å². The van der Waals surface area contributed by atoms with E-state index in [0.29, 0.717) is 10.5 Å². The predicted molar refractivity (Wildman–Crippen MR) is 92.1 cm³/mol. The molecule has 0 aliphatic carbocycles. The minimum absolute atomic E-state index is 0.0540. The van der Waals surface area contributed by atoms with Gasteiger partial charge in [-0.05, 0) is 30.0 Å². The minimum Gasteiger partial charge on any atom is -0.484 e. The van der Waals surface area contributed by atoms with Gasteiger partial charge in [-0.3, -0.25) is 4.79 Å². The molecule has 3 nitrogen and oxygen atoms in total. The molecular formula is C16H23NO2S2. The SMILES string of the molecule is CC(C)CCNC(=O)COc1ccc(C2SCCS2)cc1. The number of thioether (sulfide) groups is 2. The van der Waals surface area contributed by atoms with Crippen LogP contribution in [-0.2, 0) is 4.79 Å². The maximum Gasteiger partial charge on any atom is 0.257 e. The highest BCUT2D eigenvalue weighted by atomic mass is 32.2. The summed E-state index contributed by atoms with van der Waals surface area (Å²) < 4.78 is 6.07. The Morgan fingerprint density at radius 3 is 2.57 bits per heavy atom. The van der Waals surface area contributed by atoms with Gasteiger partial charge >= 0.3 is 0 Å². The van der Waals surface area contributed by atoms with Gasteiger partial charge in [-0.15, -0.1) is 23.5 Å². The summed E-state index contributed by atoms with van der Waals surface area (Å²) in [5.41, 5.74) is 1.33. The van der Waals surface area contributed by atoms with Gasteiger partial charge in [0.2, 0.25) is 0 Å². The molecule has 1 fully saturated rings. The second kappa shape index (κ2) is 8.59. The summed E-state index contributed by atoms with van der Waals surface area (Å²) in [6.45, 7) is 5.09. The quantitative estimate of drug-likeness (QED) is 0.829. The largest absolute Gasteiger partial charge is 0.484 e. The summed E-state index contributed by atoms with van der Waals surface area (Å²) in [7, 11) is 0. The Labute approximate surface area is 135 Å². The molecule has 0 atom stereocenters. The summed E-state index contributed by atoms with van der Waals surface area (Å²) in [5.74, 6) is 3.76. The lowest BCUT2D eigenvalue weighted by Gasteiger charge is -2.11. The Kier molecular flexibility index (Phi) is 6.77. The lowest BCUT2D eigenvalue weighted by Crippen LogP contribution is -2.30. The zero-order valence-corrected chi connectivity index (χ0v) is 14.3. The number of nitrogens with one attached hydrogen (secondary N) is 1. The van der Waals surface area contributed by atoms with Crippen molar-refractivity contribution in [2.75, 3.05) is 24.7 Å². The summed E-state index contributed by atoms with van der Waals surface area (Å²) in [6.07, 6.45) is 0.997. The molecular weight excluding hydrogens is 302 g/mol. The van der Waals surface area contributed by atoms with E-state index in [-0.39, 0.29) is 12.5 Å². The smallest absolute Gasteiger partial charge is 0.257 e. The Hall–Kier alpha value is -0.810. The number of amides is 1. The molecule has 1 aromatic carbocycles. The van der Waals surface area contributed by atoms with E-state index in [0.717, 1.165) is 18.7 Å². The molecule has 2 rings (SSSR count). The molecule has 1 N–H and O–H groups in total. The van der Waals surface area contributed by atoms with E-state index < -0.39 is 0 Å². The van der Waals surface area contributed by atoms with Crippen molar-refractivity contribution in [3.8, 4) is 5.75 Å². The van der Waals surface area contributed by atoms with E-state index >= 15 is 0 Å². The second-order valence-electron chi connectivity index (χ2n) is 5.46. The highest BCUT2D eigenvalue weighted by Gasteiger charge is 2.17. The number of carbonyl (C=O) groups is 1. The Morgan fingerprint density at radius 1 is 1.29 bits per heavy atom. The fourth-order valence-corrected chi connectivity index (χ4v) is 4.83. The zero-order chi connectivity index (χ0) is 15.1. The summed E-state index contributed by atoms with van der Waals surface area (Å²) in [4.78, 5) is 11.6. The third-order valence-electron chi connectivity index (χ3n) is 3.19. The predicted octanol–water partition coefficient (Wildman–Crippen LogP) is 3.71. The first-order valence-corrected chi connectivity index (χ1v) is 9.47. The Morgan fingerprint density at radius 2 is 1.95 bits per heavy atom. The van der Waals surface area contributed by atoms with Crippen molar-refractivity contribution in [1.29, 1.82) is 0 Å². The third kappa shape index (κ3) is 5.83. The van der Waals surface area contributed by atoms with Crippen LogP contribution in [0, 0.1) is 5.92 Å². The first-order valence-electron chi connectivity index (χ1n) is 7.38. The molecule has 1 heterocycles. The van der Waals surface area contributed by atoms with E-state index in [1.807, 2.05) is 35.7 Å². The fraction of sp³-hybridized carbons (Fsp3) is 0.562. The summed E-state index contributed by atoms with van der Waals surface area (Å²) in [5, 5.41) is 2.87. The number of benzene rings is 1. The fourth-order valence-electron chi connectivity index (χ4n) is 1.97. The monoisotopic (exact) mass is 325 g/mol. The summed E-state index contributed by atoms with van der Waals surface area (Å²) >= 11 is 3.98. The highest BCUT2D eigenvalue weighted by Crippen LogP contribution is 2.45. The van der Waals surface area contributed by atoms with E-state index in [2.05, 4.69) is 31.3 Å². The van der Waals surface area contributed by atoms with E-state index in [4.69, 9.17) is 4.74 Å². The molecule has 1 aliphatic heterocycles. The maximum atomic E-state index is 11.6. The number of ether oxygens (including phenoxy) is 1. The molecule has 1 aliphatic rings. The Balaban J connectivity index is 1.71. The van der Waals surface area contributed by atoms with Gasteiger partial charge in [0.15, 0.2) is 6.61 Å². The van der Waals surface area contributed by atoms with Crippen LogP contribution >= 0.6 is 23.5 Å². The average Bonchev–Trinajstić information content (AvgIpc) is 2.99. The molecule has 1 saturated heterocycles. The summed E-state index contributed by atoms with van der Waals surface area (Å²) in [6, 6.07) is 8.11. The third-order valence-corrected chi connectivity index (χ3v) is 6.29. The van der Waals surface area contributed by atoms with Crippen molar-refractivity contribution in [1.82, 2.24) is 5.32 Å². The first-order chi connectivity index (χ1) is 10.1. The van der Waals surface area contributed by atoms with Crippen molar-refractivity contribution in [3.05, 3.63) is 29.8 Å². The van der Waals surface area contributed by atoms with Crippen LogP contribution in [-0.4, -0.2) is 30.6 Å². The molecule has 0 radical (unpaired) electrons. The van der Waals surface area contributed by atoms with Gasteiger partial charge in [-0.1, -0.05) is 26.0 Å². The topological polar surface area (TPSA) is 38.3 Å². The van der Waals surface area contributed by atoms with Crippen molar-refractivity contribution in [2.45, 2.75) is 24.9 Å². The molecule has 0 unspecified atom stereocenters. The van der Waals surface area contributed by atoms with Gasteiger partial charge in [0, 0.05) is 18.1 Å². The van der Waals surface area contributed by atoms with Crippen molar-refractivity contribution >= 4 is 29.4 Å². The molecule has 1 aromatic rings. The number of carbonyl (C=O) groups excluding carboxylic acids is 1. The van der Waals surface area contributed by atoms with E-state index in [1.54, 1.807) is 0 Å². The van der Waals surface area contributed by atoms with Crippen molar-refractivity contribution < 1.29 is 9.53 Å². The van der Waals surface area contributed by atoms with Crippen LogP contribution in [0.5, 0.6) is 5.75 Å². The number of rotatable bonds is 7. The lowest BCUT2D eigenvalue weighted by molar-refractivity contribution is -0.123. The molecule has 116 valence electrons. The maximum absolute atomic E-state index is 11.6.